The standard InChI is InChI=1S/C51H32N4O/c1-4-14-33(15-5-1)36-20-12-21-38(30-36)50-52-49(35-18-8-3-9-19-35)53-51(54-50)41-23-13-25-47-48(41)43-32-39(27-29-46(43)56-47)55-44-24-11-10-22-40(44)42-31-37(26-28-45(42)55)34-16-6-2-7-17-34/h1-32H. The van der Waals surface area contributed by atoms with Gasteiger partial charge in [-0.05, 0) is 70.8 Å². The smallest absolute Gasteiger partial charge is 0.164 e. The molecule has 11 aromatic rings. The lowest BCUT2D eigenvalue weighted by Crippen LogP contribution is -2.00. The Morgan fingerprint density at radius 3 is 1.70 bits per heavy atom. The molecule has 0 unspecified atom stereocenters. The summed E-state index contributed by atoms with van der Waals surface area (Å²) in [5.74, 6) is 1.81. The molecule has 0 radical (unpaired) electrons. The van der Waals surface area contributed by atoms with Crippen LogP contribution in [0.2, 0.25) is 0 Å². The predicted molar refractivity (Wildman–Crippen MR) is 229 cm³/mol. The molecule has 0 aliphatic carbocycles. The van der Waals surface area contributed by atoms with Gasteiger partial charge in [-0.2, -0.15) is 0 Å². The molecule has 0 aliphatic rings. The molecule has 0 bridgehead atoms. The van der Waals surface area contributed by atoms with E-state index in [-0.39, 0.29) is 0 Å². The van der Waals surface area contributed by atoms with Crippen molar-refractivity contribution in [1.82, 2.24) is 19.5 Å². The first-order chi connectivity index (χ1) is 27.7. The lowest BCUT2D eigenvalue weighted by atomic mass is 10.0. The van der Waals surface area contributed by atoms with Crippen molar-refractivity contribution in [2.24, 2.45) is 0 Å². The van der Waals surface area contributed by atoms with Gasteiger partial charge in [-0.3, -0.25) is 0 Å². The molecule has 5 heteroatoms. The highest BCUT2D eigenvalue weighted by atomic mass is 16.3. The first-order valence-electron chi connectivity index (χ1n) is 18.8. The van der Waals surface area contributed by atoms with E-state index in [1.54, 1.807) is 0 Å². The van der Waals surface area contributed by atoms with Gasteiger partial charge < -0.3 is 8.98 Å². The minimum Gasteiger partial charge on any atom is -0.456 e. The van der Waals surface area contributed by atoms with Gasteiger partial charge in [0.05, 0.1) is 11.0 Å². The van der Waals surface area contributed by atoms with Gasteiger partial charge in [-0.15, -0.1) is 0 Å². The van der Waals surface area contributed by atoms with E-state index < -0.39 is 0 Å². The molecule has 0 spiro atoms. The van der Waals surface area contributed by atoms with Crippen LogP contribution in [-0.2, 0) is 0 Å². The summed E-state index contributed by atoms with van der Waals surface area (Å²) in [6.07, 6.45) is 0. The quantitative estimate of drug-likeness (QED) is 0.172. The number of furan rings is 1. The molecule has 3 heterocycles. The van der Waals surface area contributed by atoms with Crippen LogP contribution in [0.15, 0.2) is 199 Å². The topological polar surface area (TPSA) is 56.7 Å². The van der Waals surface area contributed by atoms with Crippen LogP contribution in [0.5, 0.6) is 0 Å². The molecule has 0 amide bonds. The second-order valence-electron chi connectivity index (χ2n) is 14.0. The monoisotopic (exact) mass is 716 g/mol. The Hall–Kier alpha value is -7.63. The minimum atomic E-state index is 0.586. The summed E-state index contributed by atoms with van der Waals surface area (Å²) in [4.78, 5) is 15.4. The van der Waals surface area contributed by atoms with Crippen LogP contribution >= 0.6 is 0 Å². The van der Waals surface area contributed by atoms with Gasteiger partial charge in [-0.1, -0.05) is 146 Å². The van der Waals surface area contributed by atoms with Crippen molar-refractivity contribution in [2.45, 2.75) is 0 Å². The van der Waals surface area contributed by atoms with Crippen molar-refractivity contribution in [3.8, 4) is 62.1 Å². The van der Waals surface area contributed by atoms with E-state index in [0.29, 0.717) is 17.5 Å². The van der Waals surface area contributed by atoms with E-state index in [1.165, 1.54) is 21.9 Å². The fourth-order valence-corrected chi connectivity index (χ4v) is 8.01. The Kier molecular flexibility index (Phi) is 7.42. The van der Waals surface area contributed by atoms with Crippen LogP contribution in [0.25, 0.3) is 106 Å². The third kappa shape index (κ3) is 5.37. The summed E-state index contributed by atoms with van der Waals surface area (Å²) in [6, 6.07) is 67.4. The summed E-state index contributed by atoms with van der Waals surface area (Å²) >= 11 is 0. The Labute approximate surface area is 322 Å². The van der Waals surface area contributed by atoms with Crippen molar-refractivity contribution in [3.05, 3.63) is 194 Å². The van der Waals surface area contributed by atoms with Crippen molar-refractivity contribution in [2.75, 3.05) is 0 Å². The van der Waals surface area contributed by atoms with Gasteiger partial charge in [0.15, 0.2) is 17.5 Å². The molecule has 0 aliphatic heterocycles. The highest BCUT2D eigenvalue weighted by Gasteiger charge is 2.20. The van der Waals surface area contributed by atoms with Crippen LogP contribution in [-0.4, -0.2) is 19.5 Å². The van der Waals surface area contributed by atoms with Gasteiger partial charge in [0.2, 0.25) is 0 Å². The molecule has 0 N–H and O–H groups in total. The van der Waals surface area contributed by atoms with Crippen molar-refractivity contribution < 1.29 is 4.42 Å². The normalized spacial score (nSPS) is 11.6. The van der Waals surface area contributed by atoms with Crippen LogP contribution in [0.4, 0.5) is 0 Å². The van der Waals surface area contributed by atoms with Crippen LogP contribution in [0.3, 0.4) is 0 Å². The SMILES string of the molecule is c1ccc(-c2cccc(-c3nc(-c4ccccc4)nc(-c4cccc5oc6ccc(-n7c8ccccc8c8cc(-c9ccccc9)ccc87)cc6c45)n3)c2)cc1. The number of aromatic nitrogens is 4. The molecule has 0 fully saturated rings. The Morgan fingerprint density at radius 2 is 0.929 bits per heavy atom. The number of rotatable bonds is 6. The Bertz CT molecular complexity index is 3240. The van der Waals surface area contributed by atoms with Gasteiger partial charge in [0.25, 0.3) is 0 Å². The highest BCUT2D eigenvalue weighted by Crippen LogP contribution is 2.40. The number of fused-ring (bicyclic) bond motifs is 6. The largest absolute Gasteiger partial charge is 0.456 e. The summed E-state index contributed by atoms with van der Waals surface area (Å²) in [5, 5.41) is 4.38. The van der Waals surface area contributed by atoms with Crippen molar-refractivity contribution >= 4 is 43.7 Å². The van der Waals surface area contributed by atoms with Crippen molar-refractivity contribution in [3.63, 3.8) is 0 Å². The second-order valence-corrected chi connectivity index (χ2v) is 14.0. The third-order valence-electron chi connectivity index (χ3n) is 10.7. The summed E-state index contributed by atoms with van der Waals surface area (Å²) < 4.78 is 8.90. The van der Waals surface area contributed by atoms with Crippen LogP contribution in [0, 0.1) is 0 Å². The molecule has 0 atom stereocenters. The second kappa shape index (κ2) is 13.0. The lowest BCUT2D eigenvalue weighted by Gasteiger charge is -2.11. The van der Waals surface area contributed by atoms with Crippen molar-refractivity contribution in [1.29, 1.82) is 0 Å². The zero-order valence-corrected chi connectivity index (χ0v) is 30.2. The van der Waals surface area contributed by atoms with E-state index in [0.717, 1.165) is 66.5 Å². The number of nitrogens with zero attached hydrogens (tertiary/aromatic N) is 4. The predicted octanol–water partition coefficient (Wildman–Crippen LogP) is 13.2. The number of para-hydroxylation sites is 1. The molecule has 3 aromatic heterocycles. The fourth-order valence-electron chi connectivity index (χ4n) is 8.01. The first kappa shape index (κ1) is 31.9. The molecule has 262 valence electrons. The lowest BCUT2D eigenvalue weighted by molar-refractivity contribution is 0.669. The molecule has 11 rings (SSSR count). The maximum absolute atomic E-state index is 6.54. The van der Waals surface area contributed by atoms with E-state index in [4.69, 9.17) is 19.4 Å². The maximum atomic E-state index is 6.54. The Morgan fingerprint density at radius 1 is 0.339 bits per heavy atom. The molecule has 0 saturated carbocycles. The maximum Gasteiger partial charge on any atom is 0.164 e. The molecule has 0 saturated heterocycles. The summed E-state index contributed by atoms with van der Waals surface area (Å²) in [5.41, 5.74) is 12.3. The summed E-state index contributed by atoms with van der Waals surface area (Å²) in [6.45, 7) is 0. The van der Waals surface area contributed by atoms with Gasteiger partial charge in [0, 0.05) is 43.9 Å². The van der Waals surface area contributed by atoms with Crippen LogP contribution < -0.4 is 0 Å². The minimum absolute atomic E-state index is 0.586. The molecule has 56 heavy (non-hydrogen) atoms. The number of hydrogen-bond donors (Lipinski definition) is 0. The van der Waals surface area contributed by atoms with Gasteiger partial charge >= 0.3 is 0 Å². The van der Waals surface area contributed by atoms with E-state index in [9.17, 15) is 0 Å². The zero-order chi connectivity index (χ0) is 37.0. The Balaban J connectivity index is 1.11. The number of hydrogen-bond acceptors (Lipinski definition) is 4. The average molecular weight is 717 g/mol. The van der Waals surface area contributed by atoms with E-state index in [2.05, 4.69) is 150 Å². The van der Waals surface area contributed by atoms with Crippen LogP contribution in [0.1, 0.15) is 0 Å². The molecule has 8 aromatic carbocycles. The molecule has 5 nitrogen and oxygen atoms in total. The molecular formula is C51H32N4O. The molecular weight excluding hydrogens is 685 g/mol. The van der Waals surface area contributed by atoms with E-state index in [1.807, 2.05) is 48.5 Å². The third-order valence-corrected chi connectivity index (χ3v) is 10.7. The highest BCUT2D eigenvalue weighted by molar-refractivity contribution is 6.14. The van der Waals surface area contributed by atoms with Gasteiger partial charge in [0.1, 0.15) is 11.2 Å². The fraction of sp³-hybridized carbons (Fsp3) is 0. The summed E-state index contributed by atoms with van der Waals surface area (Å²) in [7, 11) is 0. The van der Waals surface area contributed by atoms with Gasteiger partial charge in [-0.25, -0.2) is 15.0 Å². The average Bonchev–Trinajstić information content (AvgIpc) is 3.82. The number of benzene rings is 8. The first-order valence-corrected chi connectivity index (χ1v) is 18.8. The van der Waals surface area contributed by atoms with E-state index >= 15 is 0 Å². The zero-order valence-electron chi connectivity index (χ0n) is 30.2.